The monoisotopic (exact) mass is 429 g/mol. The number of phenolic OH excluding ortho intramolecular Hbond substituents is 1. The van der Waals surface area contributed by atoms with Crippen LogP contribution in [0.15, 0.2) is 71.8 Å². The van der Waals surface area contributed by atoms with Crippen LogP contribution in [0.1, 0.15) is 27.2 Å². The van der Waals surface area contributed by atoms with Crippen molar-refractivity contribution in [2.45, 2.75) is 13.5 Å². The average molecular weight is 429 g/mol. The number of amides is 1. The number of phenols is 1. The summed E-state index contributed by atoms with van der Waals surface area (Å²) in [5.74, 6) is -0.535. The number of nitro groups is 1. The molecule has 0 aliphatic carbocycles. The van der Waals surface area contributed by atoms with E-state index in [1.165, 1.54) is 17.0 Å². The average Bonchev–Trinajstić information content (AvgIpc) is 3.16. The van der Waals surface area contributed by atoms with Gasteiger partial charge in [0.15, 0.2) is 0 Å². The minimum atomic E-state index is -0.532. The molecule has 32 heavy (non-hydrogen) atoms. The van der Waals surface area contributed by atoms with E-state index >= 15 is 0 Å². The zero-order valence-electron chi connectivity index (χ0n) is 17.1. The van der Waals surface area contributed by atoms with Gasteiger partial charge in [0, 0.05) is 11.1 Å². The molecule has 0 aliphatic heterocycles. The smallest absolute Gasteiger partial charge is 0.390 e. The van der Waals surface area contributed by atoms with E-state index in [4.69, 9.17) is 0 Å². The molecule has 4 aromatic rings. The van der Waals surface area contributed by atoms with E-state index in [0.717, 1.165) is 16.3 Å². The summed E-state index contributed by atoms with van der Waals surface area (Å²) in [6.45, 7) is 2.09. The molecule has 1 amide bonds. The maximum atomic E-state index is 12.4. The van der Waals surface area contributed by atoms with Crippen molar-refractivity contribution in [3.8, 4) is 5.75 Å². The Bertz CT molecular complexity index is 1340. The number of hydrogen-bond donors (Lipinski definition) is 2. The molecule has 1 aromatic heterocycles. The third kappa shape index (κ3) is 4.31. The Labute approximate surface area is 182 Å². The van der Waals surface area contributed by atoms with Crippen molar-refractivity contribution in [1.82, 2.24) is 15.2 Å². The summed E-state index contributed by atoms with van der Waals surface area (Å²) in [7, 11) is 0. The highest BCUT2D eigenvalue weighted by atomic mass is 16.6. The molecule has 0 spiro atoms. The van der Waals surface area contributed by atoms with Gasteiger partial charge in [-0.05, 0) is 46.4 Å². The molecule has 3 aromatic carbocycles. The highest BCUT2D eigenvalue weighted by molar-refractivity contribution is 6.03. The normalized spacial score (nSPS) is 11.2. The fourth-order valence-electron chi connectivity index (χ4n) is 3.32. The highest BCUT2D eigenvalue weighted by Gasteiger charge is 2.15. The Morgan fingerprint density at radius 3 is 2.66 bits per heavy atom. The molecule has 0 aliphatic rings. The van der Waals surface area contributed by atoms with Crippen LogP contribution in [-0.4, -0.2) is 31.9 Å². The highest BCUT2D eigenvalue weighted by Crippen LogP contribution is 2.25. The Morgan fingerprint density at radius 2 is 1.94 bits per heavy atom. The first kappa shape index (κ1) is 20.7. The van der Waals surface area contributed by atoms with E-state index in [-0.39, 0.29) is 11.6 Å². The van der Waals surface area contributed by atoms with Gasteiger partial charge < -0.3 is 15.2 Å². The first-order chi connectivity index (χ1) is 15.4. The molecule has 4 rings (SSSR count). The van der Waals surface area contributed by atoms with Crippen molar-refractivity contribution < 1.29 is 14.8 Å². The molecular formula is C23H19N5O4. The molecule has 0 atom stereocenters. The van der Waals surface area contributed by atoms with Crippen molar-refractivity contribution in [1.29, 1.82) is 0 Å². The Morgan fingerprint density at radius 1 is 1.19 bits per heavy atom. The van der Waals surface area contributed by atoms with Gasteiger partial charge in [0.2, 0.25) is 0 Å². The number of rotatable bonds is 6. The topological polar surface area (TPSA) is 123 Å². The zero-order valence-corrected chi connectivity index (χ0v) is 17.1. The predicted molar refractivity (Wildman–Crippen MR) is 120 cm³/mol. The van der Waals surface area contributed by atoms with Crippen LogP contribution in [0.3, 0.4) is 0 Å². The maximum absolute atomic E-state index is 12.4. The van der Waals surface area contributed by atoms with Gasteiger partial charge >= 0.3 is 5.82 Å². The van der Waals surface area contributed by atoms with Crippen LogP contribution in [0.25, 0.3) is 10.8 Å². The quantitative estimate of drug-likeness (QED) is 0.274. The summed E-state index contributed by atoms with van der Waals surface area (Å²) in [6.07, 6.45) is 1.41. The summed E-state index contributed by atoms with van der Waals surface area (Å²) >= 11 is 0. The van der Waals surface area contributed by atoms with Crippen LogP contribution >= 0.6 is 0 Å². The third-order valence-electron chi connectivity index (χ3n) is 5.01. The van der Waals surface area contributed by atoms with Crippen molar-refractivity contribution in [2.24, 2.45) is 5.10 Å². The van der Waals surface area contributed by atoms with Crippen LogP contribution in [-0.2, 0) is 6.54 Å². The lowest BCUT2D eigenvalue weighted by atomic mass is 10.0. The van der Waals surface area contributed by atoms with Gasteiger partial charge in [-0.3, -0.25) is 4.79 Å². The second kappa shape index (κ2) is 8.68. The SMILES string of the molecule is Cc1cc([N+](=O)[O-])nn1Cc1ccc(C(=O)N/N=C\c2c(O)ccc3ccccc23)cc1. The van der Waals surface area contributed by atoms with Crippen molar-refractivity contribution >= 4 is 28.7 Å². The van der Waals surface area contributed by atoms with E-state index in [2.05, 4.69) is 15.6 Å². The summed E-state index contributed by atoms with van der Waals surface area (Å²) < 4.78 is 1.54. The Hall–Kier alpha value is -4.53. The van der Waals surface area contributed by atoms with Gasteiger partial charge in [0.05, 0.1) is 29.6 Å². The number of aryl methyl sites for hydroxylation is 1. The minimum Gasteiger partial charge on any atom is -0.507 e. The van der Waals surface area contributed by atoms with Crippen molar-refractivity contribution in [2.75, 3.05) is 0 Å². The van der Waals surface area contributed by atoms with Crippen molar-refractivity contribution in [3.63, 3.8) is 0 Å². The van der Waals surface area contributed by atoms with Crippen LogP contribution in [0.4, 0.5) is 5.82 Å². The van der Waals surface area contributed by atoms with E-state index < -0.39 is 10.8 Å². The number of aromatic nitrogens is 2. The molecule has 9 heteroatoms. The number of benzene rings is 3. The lowest BCUT2D eigenvalue weighted by Gasteiger charge is -2.05. The molecule has 0 saturated heterocycles. The van der Waals surface area contributed by atoms with Gasteiger partial charge in [-0.2, -0.15) is 9.78 Å². The molecule has 0 radical (unpaired) electrons. The zero-order chi connectivity index (χ0) is 22.7. The number of fused-ring (bicyclic) bond motifs is 1. The van der Waals surface area contributed by atoms with E-state index in [1.54, 1.807) is 37.3 Å². The minimum absolute atomic E-state index is 0.0696. The lowest BCUT2D eigenvalue weighted by molar-refractivity contribution is -0.389. The molecule has 9 nitrogen and oxygen atoms in total. The summed E-state index contributed by atoms with van der Waals surface area (Å²) in [6, 6.07) is 19.2. The standard InChI is InChI=1S/C23H19N5O4/c1-15-12-22(28(31)32)26-27(15)14-16-6-8-18(9-7-16)23(30)25-24-13-20-19-5-3-2-4-17(19)10-11-21(20)29/h2-13,29H,14H2,1H3,(H,25,30)/b24-13-. The molecule has 0 fully saturated rings. The van der Waals surface area contributed by atoms with Crippen LogP contribution < -0.4 is 5.43 Å². The van der Waals surface area contributed by atoms with Crippen LogP contribution in [0.2, 0.25) is 0 Å². The van der Waals surface area contributed by atoms with Gasteiger partial charge in [-0.15, -0.1) is 0 Å². The van der Waals surface area contributed by atoms with E-state index in [0.29, 0.717) is 23.4 Å². The summed E-state index contributed by atoms with van der Waals surface area (Å²) in [4.78, 5) is 22.7. The van der Waals surface area contributed by atoms with Crippen molar-refractivity contribution in [3.05, 3.63) is 99.2 Å². The molecule has 0 bridgehead atoms. The van der Waals surface area contributed by atoms with E-state index in [1.807, 2.05) is 30.3 Å². The molecular weight excluding hydrogens is 410 g/mol. The lowest BCUT2D eigenvalue weighted by Crippen LogP contribution is -2.17. The molecule has 1 heterocycles. The fourth-order valence-corrected chi connectivity index (χ4v) is 3.32. The summed E-state index contributed by atoms with van der Waals surface area (Å²) in [5.41, 5.74) is 4.89. The first-order valence-electron chi connectivity index (χ1n) is 9.74. The van der Waals surface area contributed by atoms with Crippen LogP contribution in [0.5, 0.6) is 5.75 Å². The fraction of sp³-hybridized carbons (Fsp3) is 0.0870. The number of nitrogens with zero attached hydrogens (tertiary/aromatic N) is 4. The molecule has 160 valence electrons. The second-order valence-electron chi connectivity index (χ2n) is 7.17. The molecule has 0 saturated carbocycles. The number of carbonyl (C=O) groups is 1. The Balaban J connectivity index is 1.44. The second-order valence-corrected chi connectivity index (χ2v) is 7.17. The van der Waals surface area contributed by atoms with Gasteiger partial charge in [0.1, 0.15) is 5.75 Å². The van der Waals surface area contributed by atoms with Crippen LogP contribution in [0, 0.1) is 17.0 Å². The molecule has 2 N–H and O–H groups in total. The maximum Gasteiger partial charge on any atom is 0.390 e. The summed E-state index contributed by atoms with van der Waals surface area (Å²) in [5, 5.41) is 30.7. The number of carbonyl (C=O) groups excluding carboxylic acids is 1. The van der Waals surface area contributed by atoms with Gasteiger partial charge in [0.25, 0.3) is 5.91 Å². The number of aromatic hydroxyl groups is 1. The predicted octanol–water partition coefficient (Wildman–Crippen LogP) is 3.77. The number of hydrogen-bond acceptors (Lipinski definition) is 6. The van der Waals surface area contributed by atoms with Gasteiger partial charge in [-0.25, -0.2) is 5.43 Å². The number of hydrazone groups is 1. The molecule has 0 unspecified atom stereocenters. The Kier molecular flexibility index (Phi) is 5.63. The third-order valence-corrected chi connectivity index (χ3v) is 5.01. The van der Waals surface area contributed by atoms with E-state index in [9.17, 15) is 20.0 Å². The van der Waals surface area contributed by atoms with Gasteiger partial charge in [-0.1, -0.05) is 42.5 Å². The first-order valence-corrected chi connectivity index (χ1v) is 9.74. The number of nitrogens with one attached hydrogen (secondary N) is 1. The largest absolute Gasteiger partial charge is 0.507 e.